The highest BCUT2D eigenvalue weighted by Gasteiger charge is 2.40. The lowest BCUT2D eigenvalue weighted by atomic mass is 10.0. The number of halogens is 3. The maximum absolute atomic E-state index is 12.5. The predicted molar refractivity (Wildman–Crippen MR) is 107 cm³/mol. The Morgan fingerprint density at radius 2 is 1.90 bits per heavy atom. The lowest BCUT2D eigenvalue weighted by Crippen LogP contribution is -2.47. The van der Waals surface area contributed by atoms with E-state index in [9.17, 15) is 22.8 Å². The molecule has 2 aliphatic rings. The molecule has 0 unspecified atom stereocenters. The summed E-state index contributed by atoms with van der Waals surface area (Å²) in [5.41, 5.74) is 1.27. The molecule has 0 saturated carbocycles. The summed E-state index contributed by atoms with van der Waals surface area (Å²) in [6, 6.07) is 10.6. The molecule has 9 heteroatoms. The van der Waals surface area contributed by atoms with Gasteiger partial charge >= 0.3 is 6.18 Å². The SMILES string of the molecule is CN1CCN(CCCNC(=O)[C@H]2CC(=O)N(CC(F)(F)F)C2)[C@@H](c2ccccc2)C1. The van der Waals surface area contributed by atoms with E-state index in [0.717, 1.165) is 37.5 Å². The maximum Gasteiger partial charge on any atom is 0.406 e. The largest absolute Gasteiger partial charge is 0.406 e. The first kappa shape index (κ1) is 22.6. The monoisotopic (exact) mass is 426 g/mol. The summed E-state index contributed by atoms with van der Waals surface area (Å²) in [5, 5.41) is 2.80. The third-order valence-corrected chi connectivity index (χ3v) is 5.76. The topological polar surface area (TPSA) is 55.9 Å². The third kappa shape index (κ3) is 6.18. The summed E-state index contributed by atoms with van der Waals surface area (Å²) in [5.74, 6) is -1.66. The molecule has 0 aliphatic carbocycles. The number of likely N-dealkylation sites (tertiary alicyclic amines) is 1. The molecule has 2 atom stereocenters. The molecule has 1 N–H and O–H groups in total. The van der Waals surface area contributed by atoms with Gasteiger partial charge in [-0.3, -0.25) is 14.5 Å². The minimum Gasteiger partial charge on any atom is -0.356 e. The molecule has 30 heavy (non-hydrogen) atoms. The zero-order valence-electron chi connectivity index (χ0n) is 17.2. The Morgan fingerprint density at radius 1 is 1.17 bits per heavy atom. The van der Waals surface area contributed by atoms with E-state index in [1.54, 1.807) is 0 Å². The van der Waals surface area contributed by atoms with E-state index in [1.807, 2.05) is 18.2 Å². The first-order valence-corrected chi connectivity index (χ1v) is 10.3. The molecular weight excluding hydrogens is 397 g/mol. The Labute approximate surface area is 175 Å². The molecule has 0 aromatic heterocycles. The molecule has 2 heterocycles. The van der Waals surface area contributed by atoms with Gasteiger partial charge in [-0.1, -0.05) is 30.3 Å². The number of carbonyl (C=O) groups excluding carboxylic acids is 2. The summed E-state index contributed by atoms with van der Waals surface area (Å²) in [6.07, 6.45) is -3.86. The average Bonchev–Trinajstić information content (AvgIpc) is 3.05. The maximum atomic E-state index is 12.5. The van der Waals surface area contributed by atoms with Crippen LogP contribution in [0, 0.1) is 5.92 Å². The molecule has 2 amide bonds. The van der Waals surface area contributed by atoms with Gasteiger partial charge < -0.3 is 15.1 Å². The van der Waals surface area contributed by atoms with Crippen LogP contribution in [0.2, 0.25) is 0 Å². The van der Waals surface area contributed by atoms with Crippen molar-refractivity contribution in [1.29, 1.82) is 0 Å². The third-order valence-electron chi connectivity index (χ3n) is 5.76. The highest BCUT2D eigenvalue weighted by molar-refractivity contribution is 5.89. The molecule has 0 spiro atoms. The van der Waals surface area contributed by atoms with Crippen LogP contribution in [0.5, 0.6) is 0 Å². The van der Waals surface area contributed by atoms with Crippen LogP contribution in [0.15, 0.2) is 30.3 Å². The number of likely N-dealkylation sites (N-methyl/N-ethyl adjacent to an activating group) is 1. The number of rotatable bonds is 7. The van der Waals surface area contributed by atoms with Crippen LogP contribution in [-0.2, 0) is 9.59 Å². The van der Waals surface area contributed by atoms with Crippen LogP contribution >= 0.6 is 0 Å². The summed E-state index contributed by atoms with van der Waals surface area (Å²) >= 11 is 0. The van der Waals surface area contributed by atoms with Crippen LogP contribution < -0.4 is 5.32 Å². The molecule has 2 fully saturated rings. The fourth-order valence-electron chi connectivity index (χ4n) is 4.17. The van der Waals surface area contributed by atoms with Crippen molar-refractivity contribution in [3.63, 3.8) is 0 Å². The first-order valence-electron chi connectivity index (χ1n) is 10.3. The van der Waals surface area contributed by atoms with Gasteiger partial charge in [-0.2, -0.15) is 13.2 Å². The van der Waals surface area contributed by atoms with Gasteiger partial charge in [0.1, 0.15) is 6.54 Å². The van der Waals surface area contributed by atoms with E-state index >= 15 is 0 Å². The molecule has 0 bridgehead atoms. The van der Waals surface area contributed by atoms with Gasteiger partial charge in [-0.05, 0) is 19.0 Å². The first-order chi connectivity index (χ1) is 14.2. The van der Waals surface area contributed by atoms with Gasteiger partial charge in [0, 0.05) is 51.7 Å². The van der Waals surface area contributed by atoms with Crippen molar-refractivity contribution < 1.29 is 22.8 Å². The summed E-state index contributed by atoms with van der Waals surface area (Å²) in [7, 11) is 2.11. The number of alkyl halides is 3. The number of carbonyl (C=O) groups is 2. The van der Waals surface area contributed by atoms with Gasteiger partial charge in [0.15, 0.2) is 0 Å². The fourth-order valence-corrected chi connectivity index (χ4v) is 4.17. The van der Waals surface area contributed by atoms with Gasteiger partial charge in [-0.15, -0.1) is 0 Å². The summed E-state index contributed by atoms with van der Waals surface area (Å²) in [6.45, 7) is 2.66. The number of hydrogen-bond donors (Lipinski definition) is 1. The minimum atomic E-state index is -4.45. The molecular formula is C21H29F3N4O2. The van der Waals surface area contributed by atoms with Crippen LogP contribution in [0.4, 0.5) is 13.2 Å². The number of benzene rings is 1. The second-order valence-corrected chi connectivity index (χ2v) is 8.16. The van der Waals surface area contributed by atoms with Crippen molar-refractivity contribution >= 4 is 11.8 Å². The molecule has 1 aromatic carbocycles. The van der Waals surface area contributed by atoms with E-state index < -0.39 is 24.5 Å². The quantitative estimate of drug-likeness (QED) is 0.677. The molecule has 0 radical (unpaired) electrons. The van der Waals surface area contributed by atoms with Crippen molar-refractivity contribution in [2.24, 2.45) is 5.92 Å². The van der Waals surface area contributed by atoms with E-state index in [1.165, 1.54) is 5.56 Å². The molecule has 6 nitrogen and oxygen atoms in total. The summed E-state index contributed by atoms with van der Waals surface area (Å²) < 4.78 is 37.5. The molecule has 3 rings (SSSR count). The number of hydrogen-bond acceptors (Lipinski definition) is 4. The van der Waals surface area contributed by atoms with Crippen molar-refractivity contribution in [2.75, 3.05) is 52.9 Å². The predicted octanol–water partition coefficient (Wildman–Crippen LogP) is 1.89. The standard InChI is InChI=1S/C21H29F3N4O2/c1-26-10-11-27(18(14-26)16-6-3-2-4-7-16)9-5-8-25-20(30)17-12-19(29)28(13-17)15-21(22,23)24/h2-4,6-7,17-18H,5,8-15H2,1H3,(H,25,30)/t17-,18+/m0/s1. The molecule has 166 valence electrons. The van der Waals surface area contributed by atoms with Crippen molar-refractivity contribution in [3.05, 3.63) is 35.9 Å². The number of nitrogens with zero attached hydrogens (tertiary/aromatic N) is 3. The smallest absolute Gasteiger partial charge is 0.356 e. The van der Waals surface area contributed by atoms with Gasteiger partial charge in [-0.25, -0.2) is 0 Å². The highest BCUT2D eigenvalue weighted by atomic mass is 19.4. The Morgan fingerprint density at radius 3 is 2.60 bits per heavy atom. The molecule has 2 aliphatic heterocycles. The van der Waals surface area contributed by atoms with Gasteiger partial charge in [0.05, 0.1) is 5.92 Å². The second kappa shape index (κ2) is 9.78. The van der Waals surface area contributed by atoms with Gasteiger partial charge in [0.25, 0.3) is 0 Å². The summed E-state index contributed by atoms with van der Waals surface area (Å²) in [4.78, 5) is 29.5. The Bertz CT molecular complexity index is 729. The highest BCUT2D eigenvalue weighted by Crippen LogP contribution is 2.25. The molecule has 2 saturated heterocycles. The van der Waals surface area contributed by atoms with Gasteiger partial charge in [0.2, 0.25) is 11.8 Å². The average molecular weight is 426 g/mol. The minimum absolute atomic E-state index is 0.156. The zero-order valence-corrected chi connectivity index (χ0v) is 17.2. The van der Waals surface area contributed by atoms with Crippen molar-refractivity contribution in [2.45, 2.75) is 25.1 Å². The Hall–Kier alpha value is -2.13. The number of nitrogens with one attached hydrogen (secondary N) is 1. The number of piperazine rings is 1. The second-order valence-electron chi connectivity index (χ2n) is 8.16. The zero-order chi connectivity index (χ0) is 21.7. The van der Waals surface area contributed by atoms with Crippen LogP contribution in [0.25, 0.3) is 0 Å². The van der Waals surface area contributed by atoms with E-state index in [4.69, 9.17) is 0 Å². The number of amides is 2. The normalized spacial score (nSPS) is 23.7. The molecule has 1 aromatic rings. The Balaban J connectivity index is 1.44. The van der Waals surface area contributed by atoms with Crippen LogP contribution in [0.3, 0.4) is 0 Å². The van der Waals surface area contributed by atoms with E-state index in [-0.39, 0.29) is 18.9 Å². The lowest BCUT2D eigenvalue weighted by Gasteiger charge is -2.40. The Kier molecular flexibility index (Phi) is 7.36. The van der Waals surface area contributed by atoms with Crippen LogP contribution in [0.1, 0.15) is 24.4 Å². The van der Waals surface area contributed by atoms with E-state index in [2.05, 4.69) is 34.3 Å². The van der Waals surface area contributed by atoms with Crippen molar-refractivity contribution in [3.8, 4) is 0 Å². The fraction of sp³-hybridized carbons (Fsp3) is 0.619. The van der Waals surface area contributed by atoms with E-state index in [0.29, 0.717) is 12.6 Å². The lowest BCUT2D eigenvalue weighted by molar-refractivity contribution is -0.157. The van der Waals surface area contributed by atoms with Crippen LogP contribution in [-0.4, -0.2) is 85.6 Å². The van der Waals surface area contributed by atoms with Crippen molar-refractivity contribution in [1.82, 2.24) is 20.0 Å².